The van der Waals surface area contributed by atoms with Crippen molar-refractivity contribution < 1.29 is 0 Å². The molecule has 0 amide bonds. The molecule has 0 atom stereocenters. The molecule has 0 saturated heterocycles. The second kappa shape index (κ2) is 3.77. The first kappa shape index (κ1) is 11.3. The zero-order valence-electron chi connectivity index (χ0n) is 8.89. The molecule has 0 fully saturated rings. The van der Waals surface area contributed by atoms with Crippen LogP contribution in [0.2, 0.25) is 0 Å². The number of hydrogen-bond acceptors (Lipinski definition) is 2. The van der Waals surface area contributed by atoms with Crippen LogP contribution < -0.4 is 11.3 Å². The molecular weight excluding hydrogens is 244 g/mol. The fraction of sp³-hybridized carbons (Fsp3) is 0.500. The van der Waals surface area contributed by atoms with Crippen molar-refractivity contribution in [2.75, 3.05) is 5.73 Å². The Hall–Kier alpha value is -0.770. The zero-order chi connectivity index (χ0) is 11.0. The maximum absolute atomic E-state index is 11.8. The van der Waals surface area contributed by atoms with Crippen LogP contribution in [-0.2, 0) is 0 Å². The smallest absolute Gasteiger partial charge is 0.274 e. The highest BCUT2D eigenvalue weighted by molar-refractivity contribution is 9.10. The molecule has 14 heavy (non-hydrogen) atoms. The van der Waals surface area contributed by atoms with Gasteiger partial charge < -0.3 is 10.3 Å². The Labute approximate surface area is 92.1 Å². The van der Waals surface area contributed by atoms with Gasteiger partial charge in [-0.15, -0.1) is 0 Å². The molecule has 0 saturated carbocycles. The second-order valence-corrected chi connectivity index (χ2v) is 4.50. The third kappa shape index (κ3) is 1.59. The topological polar surface area (TPSA) is 48.0 Å². The lowest BCUT2D eigenvalue weighted by atomic mass is 10.2. The summed E-state index contributed by atoms with van der Waals surface area (Å²) < 4.78 is 2.62. The van der Waals surface area contributed by atoms with E-state index in [2.05, 4.69) is 15.9 Å². The number of nitrogens with two attached hydrogens (primary N) is 1. The van der Waals surface area contributed by atoms with Crippen LogP contribution in [0.15, 0.2) is 9.27 Å². The van der Waals surface area contributed by atoms with E-state index in [9.17, 15) is 4.79 Å². The Morgan fingerprint density at radius 1 is 1.36 bits per heavy atom. The standard InChI is InChI=1S/C10H15BrN2O/c1-5(2)13-7(4)8(11)6(3)9(12)10(13)14/h5H,12H2,1-4H3. The minimum atomic E-state index is -0.0989. The lowest BCUT2D eigenvalue weighted by Crippen LogP contribution is -2.27. The first-order valence-corrected chi connectivity index (χ1v) is 5.33. The Kier molecular flexibility index (Phi) is 3.04. The van der Waals surface area contributed by atoms with Crippen LogP contribution in [-0.4, -0.2) is 4.57 Å². The van der Waals surface area contributed by atoms with E-state index in [4.69, 9.17) is 5.73 Å². The third-order valence-electron chi connectivity index (χ3n) is 2.38. The summed E-state index contributed by atoms with van der Waals surface area (Å²) in [7, 11) is 0. The predicted octanol–water partition coefficient (Wildman–Crippen LogP) is 2.39. The van der Waals surface area contributed by atoms with Crippen molar-refractivity contribution in [1.29, 1.82) is 0 Å². The molecule has 0 aliphatic carbocycles. The van der Waals surface area contributed by atoms with Gasteiger partial charge in [-0.25, -0.2) is 0 Å². The van der Waals surface area contributed by atoms with Crippen molar-refractivity contribution in [2.24, 2.45) is 0 Å². The molecule has 1 aromatic rings. The van der Waals surface area contributed by atoms with Crippen molar-refractivity contribution in [3.05, 3.63) is 26.1 Å². The summed E-state index contributed by atoms with van der Waals surface area (Å²) in [6.07, 6.45) is 0. The van der Waals surface area contributed by atoms with Crippen molar-refractivity contribution >= 4 is 21.6 Å². The molecule has 0 aliphatic rings. The van der Waals surface area contributed by atoms with Crippen LogP contribution in [0.4, 0.5) is 5.69 Å². The zero-order valence-corrected chi connectivity index (χ0v) is 10.5. The van der Waals surface area contributed by atoms with Crippen LogP contribution in [0, 0.1) is 13.8 Å². The average Bonchev–Trinajstić information content (AvgIpc) is 2.11. The number of anilines is 1. The van der Waals surface area contributed by atoms with Gasteiger partial charge in [-0.05, 0) is 49.2 Å². The molecule has 4 heteroatoms. The normalized spacial score (nSPS) is 11.0. The molecule has 0 spiro atoms. The van der Waals surface area contributed by atoms with Crippen molar-refractivity contribution in [3.63, 3.8) is 0 Å². The molecule has 0 aliphatic heterocycles. The maximum atomic E-state index is 11.8. The predicted molar refractivity (Wildman–Crippen MR) is 62.7 cm³/mol. The molecule has 3 nitrogen and oxygen atoms in total. The van der Waals surface area contributed by atoms with Gasteiger partial charge in [0.05, 0.1) is 0 Å². The lowest BCUT2D eigenvalue weighted by molar-refractivity contribution is 0.561. The van der Waals surface area contributed by atoms with E-state index < -0.39 is 0 Å². The van der Waals surface area contributed by atoms with Crippen LogP contribution >= 0.6 is 15.9 Å². The quantitative estimate of drug-likeness (QED) is 0.841. The third-order valence-corrected chi connectivity index (χ3v) is 3.55. The van der Waals surface area contributed by atoms with Gasteiger partial charge in [0.15, 0.2) is 0 Å². The molecular formula is C10H15BrN2O. The Morgan fingerprint density at radius 3 is 2.29 bits per heavy atom. The fourth-order valence-corrected chi connectivity index (χ4v) is 1.96. The van der Waals surface area contributed by atoms with Crippen molar-refractivity contribution in [2.45, 2.75) is 33.7 Å². The van der Waals surface area contributed by atoms with Gasteiger partial charge in [0, 0.05) is 16.2 Å². The first-order chi connectivity index (χ1) is 6.37. The van der Waals surface area contributed by atoms with E-state index >= 15 is 0 Å². The van der Waals surface area contributed by atoms with E-state index in [1.165, 1.54) is 0 Å². The van der Waals surface area contributed by atoms with Crippen molar-refractivity contribution in [3.8, 4) is 0 Å². The van der Waals surface area contributed by atoms with Gasteiger partial charge in [0.1, 0.15) is 5.69 Å². The molecule has 1 aromatic heterocycles. The highest BCUT2D eigenvalue weighted by Crippen LogP contribution is 2.24. The molecule has 2 N–H and O–H groups in total. The number of nitrogen functional groups attached to an aromatic ring is 1. The molecule has 1 rings (SSSR count). The first-order valence-electron chi connectivity index (χ1n) is 4.54. The molecule has 0 radical (unpaired) electrons. The number of hydrogen-bond donors (Lipinski definition) is 1. The van der Waals surface area contributed by atoms with Gasteiger partial charge >= 0.3 is 0 Å². The molecule has 1 heterocycles. The second-order valence-electron chi connectivity index (χ2n) is 3.71. The van der Waals surface area contributed by atoms with Gasteiger partial charge in [-0.2, -0.15) is 0 Å². The Bertz CT molecular complexity index is 421. The van der Waals surface area contributed by atoms with Gasteiger partial charge in [-0.1, -0.05) is 0 Å². The Morgan fingerprint density at radius 2 is 1.86 bits per heavy atom. The molecule has 0 aromatic carbocycles. The summed E-state index contributed by atoms with van der Waals surface area (Å²) in [4.78, 5) is 11.8. The average molecular weight is 259 g/mol. The van der Waals surface area contributed by atoms with Crippen LogP contribution in [0.3, 0.4) is 0 Å². The van der Waals surface area contributed by atoms with Gasteiger partial charge in [-0.3, -0.25) is 4.79 Å². The summed E-state index contributed by atoms with van der Waals surface area (Å²) in [6, 6.07) is 0.127. The lowest BCUT2D eigenvalue weighted by Gasteiger charge is -2.17. The summed E-state index contributed by atoms with van der Waals surface area (Å²) in [5.74, 6) is 0. The number of halogens is 1. The maximum Gasteiger partial charge on any atom is 0.274 e. The highest BCUT2D eigenvalue weighted by atomic mass is 79.9. The summed E-state index contributed by atoms with van der Waals surface area (Å²) in [5, 5.41) is 0. The number of nitrogens with zero attached hydrogens (tertiary/aromatic N) is 1. The van der Waals surface area contributed by atoms with Crippen LogP contribution in [0.5, 0.6) is 0 Å². The largest absolute Gasteiger partial charge is 0.394 e. The SMILES string of the molecule is Cc1c(Br)c(C)n(C(C)C)c(=O)c1N. The highest BCUT2D eigenvalue weighted by Gasteiger charge is 2.14. The van der Waals surface area contributed by atoms with Crippen molar-refractivity contribution in [1.82, 2.24) is 4.57 Å². The number of pyridine rings is 1. The summed E-state index contributed by atoms with van der Waals surface area (Å²) in [5.41, 5.74) is 7.71. The minimum absolute atomic E-state index is 0.0989. The van der Waals surface area contributed by atoms with E-state index in [-0.39, 0.29) is 11.6 Å². The number of rotatable bonds is 1. The minimum Gasteiger partial charge on any atom is -0.394 e. The molecule has 0 bridgehead atoms. The molecule has 78 valence electrons. The van der Waals surface area contributed by atoms with Gasteiger partial charge in [0.2, 0.25) is 0 Å². The van der Waals surface area contributed by atoms with E-state index in [1.54, 1.807) is 4.57 Å². The number of aromatic nitrogens is 1. The monoisotopic (exact) mass is 258 g/mol. The van der Waals surface area contributed by atoms with E-state index in [0.29, 0.717) is 5.69 Å². The van der Waals surface area contributed by atoms with E-state index in [1.807, 2.05) is 27.7 Å². The van der Waals surface area contributed by atoms with Gasteiger partial charge in [0.25, 0.3) is 5.56 Å². The molecule has 0 unspecified atom stereocenters. The van der Waals surface area contributed by atoms with E-state index in [0.717, 1.165) is 15.7 Å². The summed E-state index contributed by atoms with van der Waals surface area (Å²) in [6.45, 7) is 7.70. The fourth-order valence-electron chi connectivity index (χ4n) is 1.56. The Balaban J connectivity index is 3.69. The van der Waals surface area contributed by atoms with Crippen LogP contribution in [0.25, 0.3) is 0 Å². The van der Waals surface area contributed by atoms with Crippen LogP contribution in [0.1, 0.15) is 31.1 Å². The summed E-state index contributed by atoms with van der Waals surface area (Å²) >= 11 is 3.44.